The summed E-state index contributed by atoms with van der Waals surface area (Å²) < 4.78 is 30.4. The van der Waals surface area contributed by atoms with Gasteiger partial charge < -0.3 is 0 Å². The van der Waals surface area contributed by atoms with Crippen molar-refractivity contribution in [3.8, 4) is 0 Å². The monoisotopic (exact) mass is 400 g/mol. The fourth-order valence-electron chi connectivity index (χ4n) is 5.43. The second-order valence-electron chi connectivity index (χ2n) is 8.18. The summed E-state index contributed by atoms with van der Waals surface area (Å²) in [6.07, 6.45) is 2.89. The maximum atomic E-state index is 13.2. The van der Waals surface area contributed by atoms with Gasteiger partial charge in [0.2, 0.25) is 0 Å². The molecule has 3 atom stereocenters. The third-order valence-electron chi connectivity index (χ3n) is 6.77. The predicted octanol–water partition coefficient (Wildman–Crippen LogP) is 6.37. The van der Waals surface area contributed by atoms with E-state index in [9.17, 15) is 4.57 Å². The van der Waals surface area contributed by atoms with Gasteiger partial charge in [0, 0.05) is 10.4 Å². The van der Waals surface area contributed by atoms with Crippen LogP contribution in [0.3, 0.4) is 0 Å². The van der Waals surface area contributed by atoms with E-state index in [1.807, 2.05) is 12.1 Å². The van der Waals surface area contributed by atoms with E-state index in [2.05, 4.69) is 32.9 Å². The minimum atomic E-state index is -3.62. The Bertz CT molecular complexity index is 694. The molecule has 4 rings (SSSR count). The van der Waals surface area contributed by atoms with Crippen molar-refractivity contribution in [2.45, 2.75) is 64.9 Å². The van der Waals surface area contributed by atoms with Gasteiger partial charge in [-0.2, -0.15) is 0 Å². The molecule has 0 heterocycles. The number of rotatable bonds is 7. The van der Waals surface area contributed by atoms with Gasteiger partial charge in [-0.3, -0.25) is 13.6 Å². The van der Waals surface area contributed by atoms with Gasteiger partial charge in [0.15, 0.2) is 0 Å². The summed E-state index contributed by atoms with van der Waals surface area (Å²) in [6, 6.07) is 8.02. The molecule has 0 N–H and O–H groups in total. The Balaban J connectivity index is 2.06. The Morgan fingerprint density at radius 3 is 2.19 bits per heavy atom. The van der Waals surface area contributed by atoms with Gasteiger partial charge in [0.25, 0.3) is 0 Å². The van der Waals surface area contributed by atoms with Crippen LogP contribution in [0, 0.1) is 11.3 Å². The highest BCUT2D eigenvalue weighted by molar-refractivity contribution is 7.48. The molecule has 0 aliphatic heterocycles. The maximum absolute atomic E-state index is 13.2. The van der Waals surface area contributed by atoms with E-state index in [0.717, 1.165) is 19.3 Å². The highest BCUT2D eigenvalue weighted by Gasteiger charge is 2.72. The molecule has 3 saturated carbocycles. The Morgan fingerprint density at radius 1 is 1.12 bits per heavy atom. The smallest absolute Gasteiger partial charge is 0.287 e. The molecule has 146 valence electrons. The second-order valence-corrected chi connectivity index (χ2v) is 10.2. The number of hydrogen-bond donors (Lipinski definition) is 0. The number of fused-ring (bicyclic) bond motifs is 2. The molecule has 1 aromatic carbocycles. The van der Waals surface area contributed by atoms with Crippen molar-refractivity contribution in [1.82, 2.24) is 0 Å². The molecular formula is C20H30ClO4P. The summed E-state index contributed by atoms with van der Waals surface area (Å²) in [4.78, 5) is 0. The number of benzene rings is 1. The Labute approximate surface area is 162 Å². The zero-order chi connectivity index (χ0) is 19.2. The molecule has 0 aromatic heterocycles. The average Bonchev–Trinajstić information content (AvgIpc) is 2.55. The lowest BCUT2D eigenvalue weighted by molar-refractivity contribution is -0.215. The lowest BCUT2D eigenvalue weighted by Gasteiger charge is -2.72. The predicted molar refractivity (Wildman–Crippen MR) is 105 cm³/mol. The maximum Gasteiger partial charge on any atom is 0.475 e. The van der Waals surface area contributed by atoms with E-state index in [4.69, 9.17) is 25.2 Å². The van der Waals surface area contributed by atoms with Crippen molar-refractivity contribution >= 4 is 19.4 Å². The Morgan fingerprint density at radius 2 is 1.69 bits per heavy atom. The summed E-state index contributed by atoms with van der Waals surface area (Å²) in [5.41, 5.74) is 0.317. The van der Waals surface area contributed by atoms with Gasteiger partial charge in [0.1, 0.15) is 0 Å². The number of hydrogen-bond acceptors (Lipinski definition) is 4. The average molecular weight is 401 g/mol. The van der Waals surface area contributed by atoms with E-state index in [1.165, 1.54) is 5.56 Å². The van der Waals surface area contributed by atoms with Crippen LogP contribution in [0.2, 0.25) is 5.02 Å². The molecule has 0 saturated heterocycles. The Hall–Kier alpha value is -0.380. The number of phosphoric acid groups is 1. The van der Waals surface area contributed by atoms with Crippen molar-refractivity contribution < 1.29 is 18.1 Å². The van der Waals surface area contributed by atoms with Crippen LogP contribution in [0.1, 0.15) is 59.4 Å². The van der Waals surface area contributed by atoms with Gasteiger partial charge in [-0.05, 0) is 69.1 Å². The van der Waals surface area contributed by atoms with Crippen molar-refractivity contribution in [2.24, 2.45) is 11.3 Å². The van der Waals surface area contributed by atoms with Crippen molar-refractivity contribution in [3.05, 3.63) is 34.9 Å². The molecule has 4 nitrogen and oxygen atoms in total. The molecular weight excluding hydrogens is 371 g/mol. The fraction of sp³-hybridized carbons (Fsp3) is 0.700. The summed E-state index contributed by atoms with van der Waals surface area (Å²) in [5.74, 6) is 0.633. The van der Waals surface area contributed by atoms with Gasteiger partial charge in [-0.15, -0.1) is 0 Å². The van der Waals surface area contributed by atoms with Crippen molar-refractivity contribution in [2.75, 3.05) is 13.2 Å². The standard InChI is InChI=1S/C20H30ClO4P/c1-6-23-26(22,24-7-2)25-19(5)13-12-16-14-20(19,18(16,3)4)15-8-10-17(21)11-9-15/h8-11,16H,6-7,12-14H2,1-5H3/t16-,19+,20+/m0/s1. The largest absolute Gasteiger partial charge is 0.475 e. The number of phosphoric ester groups is 1. The van der Waals surface area contributed by atoms with Crippen molar-refractivity contribution in [1.29, 1.82) is 0 Å². The zero-order valence-corrected chi connectivity index (χ0v) is 18.0. The molecule has 3 aliphatic carbocycles. The molecule has 0 amide bonds. The first kappa shape index (κ1) is 20.4. The summed E-state index contributed by atoms with van der Waals surface area (Å²) in [6.45, 7) is 10.8. The minimum absolute atomic E-state index is 0.0249. The topological polar surface area (TPSA) is 44.8 Å². The first-order valence-electron chi connectivity index (χ1n) is 9.50. The lowest BCUT2D eigenvalue weighted by Crippen LogP contribution is -2.72. The molecule has 0 radical (unpaired) electrons. The first-order chi connectivity index (χ1) is 12.1. The molecule has 1 aromatic rings. The van der Waals surface area contributed by atoms with Crippen LogP contribution in [0.5, 0.6) is 0 Å². The van der Waals surface area contributed by atoms with Gasteiger partial charge in [0.05, 0.1) is 18.8 Å². The van der Waals surface area contributed by atoms with E-state index >= 15 is 0 Å². The molecule has 0 spiro atoms. The van der Waals surface area contributed by atoms with E-state index in [-0.39, 0.29) is 24.0 Å². The minimum Gasteiger partial charge on any atom is -0.287 e. The summed E-state index contributed by atoms with van der Waals surface area (Å²) in [7, 11) is -3.62. The zero-order valence-electron chi connectivity index (χ0n) is 16.4. The fourth-order valence-corrected chi connectivity index (χ4v) is 7.11. The third-order valence-corrected chi connectivity index (χ3v) is 8.80. The van der Waals surface area contributed by atoms with Crippen LogP contribution < -0.4 is 0 Å². The van der Waals surface area contributed by atoms with Crippen LogP contribution in [0.25, 0.3) is 0 Å². The molecule has 2 bridgehead atoms. The van der Waals surface area contributed by atoms with Crippen LogP contribution in [-0.4, -0.2) is 18.8 Å². The molecule has 3 fully saturated rings. The van der Waals surface area contributed by atoms with Crippen LogP contribution in [0.15, 0.2) is 24.3 Å². The summed E-state index contributed by atoms with van der Waals surface area (Å²) >= 11 is 6.12. The molecule has 6 heteroatoms. The van der Waals surface area contributed by atoms with E-state index in [1.54, 1.807) is 13.8 Å². The van der Waals surface area contributed by atoms with Gasteiger partial charge in [-0.25, -0.2) is 4.57 Å². The van der Waals surface area contributed by atoms with Gasteiger partial charge in [-0.1, -0.05) is 37.6 Å². The Kier molecular flexibility index (Phi) is 5.40. The van der Waals surface area contributed by atoms with Crippen LogP contribution in [0.4, 0.5) is 0 Å². The van der Waals surface area contributed by atoms with Crippen molar-refractivity contribution in [3.63, 3.8) is 0 Å². The highest BCUT2D eigenvalue weighted by Crippen LogP contribution is 2.74. The van der Waals surface area contributed by atoms with Crippen LogP contribution in [-0.2, 0) is 23.6 Å². The summed E-state index contributed by atoms with van der Waals surface area (Å²) in [5, 5.41) is 0.714. The van der Waals surface area contributed by atoms with E-state index in [0.29, 0.717) is 10.9 Å². The number of halogens is 1. The van der Waals surface area contributed by atoms with E-state index < -0.39 is 13.4 Å². The quantitative estimate of drug-likeness (QED) is 0.498. The first-order valence-corrected chi connectivity index (χ1v) is 11.3. The normalized spacial score (nSPS) is 32.9. The lowest BCUT2D eigenvalue weighted by atomic mass is 9.34. The molecule has 3 aliphatic rings. The SMILES string of the molecule is CCOP(=O)(OCC)O[C@]1(C)CC[C@H]2C[C@@]1(c1ccc(Cl)cc1)C2(C)C. The van der Waals surface area contributed by atoms with Gasteiger partial charge >= 0.3 is 7.82 Å². The van der Waals surface area contributed by atoms with Crippen LogP contribution >= 0.6 is 19.4 Å². The third kappa shape index (κ3) is 2.89. The second kappa shape index (κ2) is 6.90. The molecule has 0 unspecified atom stereocenters. The highest BCUT2D eigenvalue weighted by atomic mass is 35.5. The molecule has 26 heavy (non-hydrogen) atoms.